The van der Waals surface area contributed by atoms with Gasteiger partial charge in [-0.3, -0.25) is 14.8 Å². The molecule has 0 radical (unpaired) electrons. The number of H-pyrrole nitrogens is 1. The van der Waals surface area contributed by atoms with Gasteiger partial charge in [0.1, 0.15) is 0 Å². The van der Waals surface area contributed by atoms with Gasteiger partial charge in [0.2, 0.25) is 0 Å². The van der Waals surface area contributed by atoms with E-state index in [2.05, 4.69) is 27.1 Å². The zero-order chi connectivity index (χ0) is 16.2. The second-order valence-electron chi connectivity index (χ2n) is 5.60. The summed E-state index contributed by atoms with van der Waals surface area (Å²) in [5.41, 5.74) is 2.35. The number of aromatic amines is 1. The van der Waals surface area contributed by atoms with Crippen molar-refractivity contribution in [3.63, 3.8) is 0 Å². The predicted octanol–water partition coefficient (Wildman–Crippen LogP) is 1.58. The number of rotatable bonds is 6. The van der Waals surface area contributed by atoms with E-state index in [1.807, 2.05) is 25.2 Å². The molecule has 2 heterocycles. The molecule has 0 aliphatic carbocycles. The predicted molar refractivity (Wildman–Crippen MR) is 88.2 cm³/mol. The lowest BCUT2D eigenvalue weighted by Gasteiger charge is -2.27. The summed E-state index contributed by atoms with van der Waals surface area (Å²) in [6.45, 7) is 0.646. The van der Waals surface area contributed by atoms with Crippen LogP contribution in [0.1, 0.15) is 23.7 Å². The van der Waals surface area contributed by atoms with Crippen LogP contribution < -0.4 is 5.56 Å². The van der Waals surface area contributed by atoms with Crippen LogP contribution >= 0.6 is 0 Å². The average Bonchev–Trinajstić information content (AvgIpc) is 3.02. The Hall–Kier alpha value is -2.44. The molecule has 3 rings (SSSR count). The van der Waals surface area contributed by atoms with Crippen LogP contribution in [-0.2, 0) is 6.54 Å². The fourth-order valence-corrected chi connectivity index (χ4v) is 2.86. The highest BCUT2D eigenvalue weighted by molar-refractivity contribution is 5.36. The Labute approximate surface area is 134 Å². The van der Waals surface area contributed by atoms with Gasteiger partial charge in [0.25, 0.3) is 5.56 Å². The fourth-order valence-electron chi connectivity index (χ4n) is 2.86. The quantitative estimate of drug-likeness (QED) is 0.725. The van der Waals surface area contributed by atoms with Crippen molar-refractivity contribution in [3.8, 4) is 0 Å². The molecule has 2 N–H and O–H groups in total. The minimum atomic E-state index is -0.123. The van der Waals surface area contributed by atoms with Gasteiger partial charge in [-0.2, -0.15) is 0 Å². The number of aliphatic hydroxyl groups is 1. The molecule has 23 heavy (non-hydrogen) atoms. The lowest BCUT2D eigenvalue weighted by molar-refractivity contribution is 0.178. The molecule has 0 saturated carbocycles. The van der Waals surface area contributed by atoms with Gasteiger partial charge in [0, 0.05) is 37.5 Å². The highest BCUT2D eigenvalue weighted by Crippen LogP contribution is 2.23. The minimum absolute atomic E-state index is 0.0766. The average molecular weight is 312 g/mol. The molecule has 0 aliphatic heterocycles. The van der Waals surface area contributed by atoms with Crippen molar-refractivity contribution in [3.05, 3.63) is 70.3 Å². The minimum Gasteiger partial charge on any atom is -0.396 e. The van der Waals surface area contributed by atoms with Gasteiger partial charge in [-0.25, -0.2) is 9.50 Å². The second-order valence-corrected chi connectivity index (χ2v) is 5.60. The van der Waals surface area contributed by atoms with E-state index in [1.165, 1.54) is 4.52 Å². The number of hydrogen-bond acceptors (Lipinski definition) is 4. The smallest absolute Gasteiger partial charge is 0.272 e. The van der Waals surface area contributed by atoms with Crippen LogP contribution in [0.3, 0.4) is 0 Å². The SMILES string of the molecule is CN(Cc1cc(=O)n2[nH]ccc2n1)C(CCO)c1ccccc1. The molecule has 0 aliphatic rings. The van der Waals surface area contributed by atoms with Crippen LogP contribution in [0.4, 0.5) is 0 Å². The van der Waals surface area contributed by atoms with Crippen LogP contribution in [0.5, 0.6) is 0 Å². The standard InChI is InChI=1S/C17H20N4O2/c1-20(15(8-10-22)13-5-3-2-4-6-13)12-14-11-17(23)21-16(19-14)7-9-18-21/h2-7,9,11,15,18,22H,8,10,12H2,1H3. The van der Waals surface area contributed by atoms with Crippen molar-refractivity contribution in [2.75, 3.05) is 13.7 Å². The Morgan fingerprint density at radius 3 is 2.83 bits per heavy atom. The Morgan fingerprint density at radius 1 is 1.30 bits per heavy atom. The van der Waals surface area contributed by atoms with Crippen molar-refractivity contribution in [2.45, 2.75) is 19.0 Å². The monoisotopic (exact) mass is 312 g/mol. The third-order valence-electron chi connectivity index (χ3n) is 3.96. The maximum Gasteiger partial charge on any atom is 0.272 e. The molecule has 3 aromatic rings. The molecule has 1 unspecified atom stereocenters. The molecular formula is C17H20N4O2. The van der Waals surface area contributed by atoms with E-state index >= 15 is 0 Å². The zero-order valence-electron chi connectivity index (χ0n) is 13.0. The molecule has 0 fully saturated rings. The maximum atomic E-state index is 12.0. The van der Waals surface area contributed by atoms with Crippen LogP contribution in [0.25, 0.3) is 5.65 Å². The summed E-state index contributed by atoms with van der Waals surface area (Å²) >= 11 is 0. The number of hydrogen-bond donors (Lipinski definition) is 2. The number of benzene rings is 1. The topological polar surface area (TPSA) is 73.6 Å². The molecule has 0 saturated heterocycles. The normalized spacial score (nSPS) is 12.8. The number of aliphatic hydroxyl groups excluding tert-OH is 1. The van der Waals surface area contributed by atoms with Gasteiger partial charge in [-0.1, -0.05) is 30.3 Å². The Kier molecular flexibility index (Phi) is 4.55. The number of nitrogens with zero attached hydrogens (tertiary/aromatic N) is 3. The molecule has 6 heteroatoms. The first-order chi connectivity index (χ1) is 11.2. The van der Waals surface area contributed by atoms with Gasteiger partial charge >= 0.3 is 0 Å². The number of nitrogens with one attached hydrogen (secondary N) is 1. The van der Waals surface area contributed by atoms with E-state index in [9.17, 15) is 9.90 Å². The molecule has 0 bridgehead atoms. The van der Waals surface area contributed by atoms with E-state index in [-0.39, 0.29) is 18.2 Å². The Morgan fingerprint density at radius 2 is 2.09 bits per heavy atom. The van der Waals surface area contributed by atoms with Gasteiger partial charge in [0.05, 0.1) is 5.69 Å². The van der Waals surface area contributed by atoms with Crippen molar-refractivity contribution in [1.29, 1.82) is 0 Å². The van der Waals surface area contributed by atoms with Gasteiger partial charge in [-0.15, -0.1) is 0 Å². The second kappa shape index (κ2) is 6.76. The molecule has 1 atom stereocenters. The number of fused-ring (bicyclic) bond motifs is 1. The summed E-state index contributed by atoms with van der Waals surface area (Å²) in [5.74, 6) is 0. The van der Waals surface area contributed by atoms with E-state index in [0.29, 0.717) is 18.6 Å². The highest BCUT2D eigenvalue weighted by atomic mass is 16.3. The molecular weight excluding hydrogens is 292 g/mol. The van der Waals surface area contributed by atoms with E-state index in [1.54, 1.807) is 18.3 Å². The Bertz CT molecular complexity index is 825. The summed E-state index contributed by atoms with van der Waals surface area (Å²) < 4.78 is 1.41. The highest BCUT2D eigenvalue weighted by Gasteiger charge is 2.17. The third kappa shape index (κ3) is 3.33. The number of aromatic nitrogens is 3. The first kappa shape index (κ1) is 15.5. The van der Waals surface area contributed by atoms with E-state index in [4.69, 9.17) is 0 Å². The Balaban J connectivity index is 1.85. The van der Waals surface area contributed by atoms with E-state index < -0.39 is 0 Å². The van der Waals surface area contributed by atoms with Gasteiger partial charge < -0.3 is 5.11 Å². The maximum absolute atomic E-state index is 12.0. The van der Waals surface area contributed by atoms with Crippen molar-refractivity contribution >= 4 is 5.65 Å². The first-order valence-corrected chi connectivity index (χ1v) is 7.61. The molecule has 120 valence electrons. The zero-order valence-corrected chi connectivity index (χ0v) is 13.0. The van der Waals surface area contributed by atoms with Crippen LogP contribution in [-0.4, -0.2) is 38.3 Å². The summed E-state index contributed by atoms with van der Waals surface area (Å²) in [5, 5.41) is 12.2. The first-order valence-electron chi connectivity index (χ1n) is 7.61. The molecule has 6 nitrogen and oxygen atoms in total. The van der Waals surface area contributed by atoms with Crippen molar-refractivity contribution < 1.29 is 5.11 Å². The molecule has 0 amide bonds. The third-order valence-corrected chi connectivity index (χ3v) is 3.96. The lowest BCUT2D eigenvalue weighted by Crippen LogP contribution is -2.27. The van der Waals surface area contributed by atoms with Crippen molar-refractivity contribution in [2.24, 2.45) is 0 Å². The fraction of sp³-hybridized carbons (Fsp3) is 0.294. The summed E-state index contributed by atoms with van der Waals surface area (Å²) in [4.78, 5) is 18.6. The lowest BCUT2D eigenvalue weighted by atomic mass is 10.0. The van der Waals surface area contributed by atoms with Crippen LogP contribution in [0.15, 0.2) is 53.5 Å². The van der Waals surface area contributed by atoms with E-state index in [0.717, 1.165) is 11.3 Å². The molecule has 0 spiro atoms. The summed E-state index contributed by atoms with van der Waals surface area (Å²) in [7, 11) is 1.98. The summed E-state index contributed by atoms with van der Waals surface area (Å²) in [6, 6.07) is 13.4. The van der Waals surface area contributed by atoms with Gasteiger partial charge in [-0.05, 0) is 19.0 Å². The van der Waals surface area contributed by atoms with Crippen LogP contribution in [0.2, 0.25) is 0 Å². The largest absolute Gasteiger partial charge is 0.396 e. The van der Waals surface area contributed by atoms with Crippen LogP contribution in [0, 0.1) is 0 Å². The molecule has 1 aromatic carbocycles. The molecule has 2 aromatic heterocycles. The van der Waals surface area contributed by atoms with Gasteiger partial charge in [0.15, 0.2) is 5.65 Å². The summed E-state index contributed by atoms with van der Waals surface area (Å²) in [6.07, 6.45) is 2.32. The van der Waals surface area contributed by atoms with Crippen molar-refractivity contribution in [1.82, 2.24) is 19.5 Å².